The van der Waals surface area contributed by atoms with Crippen LogP contribution < -0.4 is 4.74 Å². The maximum absolute atomic E-state index is 14.2. The Morgan fingerprint density at radius 1 is 1.27 bits per heavy atom. The van der Waals surface area contributed by atoms with Gasteiger partial charge in [-0.3, -0.25) is 4.98 Å². The summed E-state index contributed by atoms with van der Waals surface area (Å²) in [6.07, 6.45) is 1.38. The smallest absolute Gasteiger partial charge is 0.344 e. The van der Waals surface area contributed by atoms with E-state index in [0.717, 1.165) is 10.7 Å². The van der Waals surface area contributed by atoms with Crippen LogP contribution in [0.4, 0.5) is 8.78 Å². The van der Waals surface area contributed by atoms with E-state index in [1.54, 1.807) is 12.1 Å². The third-order valence-electron chi connectivity index (χ3n) is 3.23. The quantitative estimate of drug-likeness (QED) is 0.633. The second-order valence-electron chi connectivity index (χ2n) is 4.95. The maximum Gasteiger partial charge on any atom is 0.344 e. The van der Waals surface area contributed by atoms with Crippen molar-refractivity contribution in [2.24, 2.45) is 0 Å². The second-order valence-corrected chi connectivity index (χ2v) is 5.39. The minimum atomic E-state index is -0.857. The summed E-state index contributed by atoms with van der Waals surface area (Å²) in [7, 11) is 1.20. The van der Waals surface area contributed by atoms with Gasteiger partial charge in [0.05, 0.1) is 12.1 Å². The summed E-state index contributed by atoms with van der Waals surface area (Å²) in [5, 5.41) is 4.41. The fraction of sp³-hybridized carbons (Fsp3) is 0.125. The topological polar surface area (TPSA) is 79.1 Å². The highest BCUT2D eigenvalue weighted by molar-refractivity contribution is 6.30. The Hall–Kier alpha value is -3.07. The standard InChI is InChI=1S/C16H11ClF2N4O3/c1-25-14(24)8-26-16-21-15(12-4-2-9(17)7-20-12)23(22-16)13-5-3-10(18)6-11(13)19/h2-7H,8H2,1H3. The SMILES string of the molecule is COC(=O)COc1nc(-c2ccc(Cl)cn2)n(-c2ccc(F)cc2F)n1. The van der Waals surface area contributed by atoms with E-state index in [9.17, 15) is 13.6 Å². The third-order valence-corrected chi connectivity index (χ3v) is 3.45. The van der Waals surface area contributed by atoms with Crippen LogP contribution in [0.5, 0.6) is 6.01 Å². The van der Waals surface area contributed by atoms with Crippen molar-refractivity contribution in [3.05, 3.63) is 53.2 Å². The summed E-state index contributed by atoms with van der Waals surface area (Å²) < 4.78 is 38.1. The van der Waals surface area contributed by atoms with Crippen LogP contribution in [0.15, 0.2) is 36.5 Å². The van der Waals surface area contributed by atoms with Crippen LogP contribution in [0, 0.1) is 11.6 Å². The first-order chi connectivity index (χ1) is 12.5. The largest absolute Gasteiger partial charge is 0.466 e. The van der Waals surface area contributed by atoms with Gasteiger partial charge in [0.25, 0.3) is 0 Å². The first-order valence-corrected chi connectivity index (χ1v) is 7.59. The lowest BCUT2D eigenvalue weighted by Gasteiger charge is -2.06. The van der Waals surface area contributed by atoms with Gasteiger partial charge in [0.15, 0.2) is 18.2 Å². The van der Waals surface area contributed by atoms with Crippen molar-refractivity contribution in [3.8, 4) is 23.2 Å². The van der Waals surface area contributed by atoms with Gasteiger partial charge in [0.1, 0.15) is 17.2 Å². The van der Waals surface area contributed by atoms with Crippen molar-refractivity contribution in [2.45, 2.75) is 0 Å². The first kappa shape index (κ1) is 17.7. The van der Waals surface area contributed by atoms with Crippen molar-refractivity contribution >= 4 is 17.6 Å². The Morgan fingerprint density at radius 2 is 2.08 bits per heavy atom. The molecule has 0 saturated heterocycles. The van der Waals surface area contributed by atoms with E-state index in [0.29, 0.717) is 16.8 Å². The van der Waals surface area contributed by atoms with Crippen LogP contribution in [0.3, 0.4) is 0 Å². The number of pyridine rings is 1. The minimum Gasteiger partial charge on any atom is -0.466 e. The highest BCUT2D eigenvalue weighted by Crippen LogP contribution is 2.24. The number of hydrogen-bond donors (Lipinski definition) is 0. The number of halogens is 3. The van der Waals surface area contributed by atoms with Gasteiger partial charge >= 0.3 is 12.0 Å². The molecule has 0 radical (unpaired) electrons. The van der Waals surface area contributed by atoms with E-state index in [1.165, 1.54) is 19.4 Å². The lowest BCUT2D eigenvalue weighted by Crippen LogP contribution is -2.13. The number of benzene rings is 1. The molecule has 0 amide bonds. The Morgan fingerprint density at radius 3 is 2.73 bits per heavy atom. The summed E-state index contributed by atoms with van der Waals surface area (Å²) in [5.74, 6) is -2.11. The molecule has 3 aromatic rings. The van der Waals surface area contributed by atoms with Crippen LogP contribution in [0.25, 0.3) is 17.2 Å². The van der Waals surface area contributed by atoms with Gasteiger partial charge < -0.3 is 9.47 Å². The zero-order chi connectivity index (χ0) is 18.7. The lowest BCUT2D eigenvalue weighted by molar-refractivity contribution is -0.143. The number of methoxy groups -OCH3 is 1. The van der Waals surface area contributed by atoms with Gasteiger partial charge in [0.2, 0.25) is 0 Å². The molecule has 0 aliphatic rings. The van der Waals surface area contributed by atoms with Crippen LogP contribution >= 0.6 is 11.6 Å². The number of esters is 1. The molecule has 7 nitrogen and oxygen atoms in total. The molecule has 3 rings (SSSR count). The number of nitrogens with zero attached hydrogens (tertiary/aromatic N) is 4. The number of ether oxygens (including phenoxy) is 2. The molecule has 0 atom stereocenters. The number of hydrogen-bond acceptors (Lipinski definition) is 6. The van der Waals surface area contributed by atoms with Crippen molar-refractivity contribution in [1.82, 2.24) is 19.7 Å². The van der Waals surface area contributed by atoms with Crippen molar-refractivity contribution in [3.63, 3.8) is 0 Å². The normalized spacial score (nSPS) is 10.6. The van der Waals surface area contributed by atoms with Gasteiger partial charge in [-0.1, -0.05) is 11.6 Å². The Balaban J connectivity index is 2.06. The van der Waals surface area contributed by atoms with E-state index in [2.05, 4.69) is 19.8 Å². The number of rotatable bonds is 5. The zero-order valence-electron chi connectivity index (χ0n) is 13.3. The summed E-state index contributed by atoms with van der Waals surface area (Å²) >= 11 is 5.82. The van der Waals surface area contributed by atoms with Crippen molar-refractivity contribution in [2.75, 3.05) is 13.7 Å². The fourth-order valence-electron chi connectivity index (χ4n) is 2.03. The summed E-state index contributed by atoms with van der Waals surface area (Å²) in [5.41, 5.74) is 0.247. The molecule has 10 heteroatoms. The van der Waals surface area contributed by atoms with Crippen LogP contribution in [0.2, 0.25) is 5.02 Å². The Labute approximate surface area is 151 Å². The van der Waals surface area contributed by atoms with Gasteiger partial charge in [0, 0.05) is 12.3 Å². The molecule has 0 saturated carbocycles. The number of carbonyl (C=O) groups excluding carboxylic acids is 1. The molecule has 1 aromatic carbocycles. The van der Waals surface area contributed by atoms with Gasteiger partial charge in [-0.15, -0.1) is 5.10 Å². The molecule has 0 spiro atoms. The number of carbonyl (C=O) groups is 1. The molecular weight excluding hydrogens is 370 g/mol. The lowest BCUT2D eigenvalue weighted by atomic mass is 10.3. The predicted octanol–water partition coefficient (Wildman–Crippen LogP) is 2.81. The average Bonchev–Trinajstić information content (AvgIpc) is 3.04. The zero-order valence-corrected chi connectivity index (χ0v) is 14.1. The first-order valence-electron chi connectivity index (χ1n) is 7.22. The Kier molecular flexibility index (Phi) is 5.08. The molecule has 2 aromatic heterocycles. The molecule has 0 N–H and O–H groups in total. The van der Waals surface area contributed by atoms with Crippen molar-refractivity contribution < 1.29 is 23.0 Å². The third kappa shape index (κ3) is 3.77. The minimum absolute atomic E-state index is 0.0708. The van der Waals surface area contributed by atoms with E-state index in [1.807, 2.05) is 0 Å². The highest BCUT2D eigenvalue weighted by Gasteiger charge is 2.19. The van der Waals surface area contributed by atoms with E-state index < -0.39 is 24.2 Å². The van der Waals surface area contributed by atoms with Crippen LogP contribution in [-0.2, 0) is 9.53 Å². The van der Waals surface area contributed by atoms with E-state index >= 15 is 0 Å². The number of aromatic nitrogens is 4. The maximum atomic E-state index is 14.2. The van der Waals surface area contributed by atoms with Crippen molar-refractivity contribution in [1.29, 1.82) is 0 Å². The average molecular weight is 381 g/mol. The molecule has 0 bridgehead atoms. The van der Waals surface area contributed by atoms with Gasteiger partial charge in [-0.2, -0.15) is 4.98 Å². The van der Waals surface area contributed by atoms with E-state index in [-0.39, 0.29) is 17.5 Å². The molecule has 134 valence electrons. The summed E-state index contributed by atoms with van der Waals surface area (Å²) in [6, 6.07) is 5.90. The molecule has 0 unspecified atom stereocenters. The highest BCUT2D eigenvalue weighted by atomic mass is 35.5. The van der Waals surface area contributed by atoms with E-state index in [4.69, 9.17) is 16.3 Å². The monoisotopic (exact) mass is 380 g/mol. The summed E-state index contributed by atoms with van der Waals surface area (Å²) in [4.78, 5) is 19.4. The molecule has 0 fully saturated rings. The van der Waals surface area contributed by atoms with Crippen LogP contribution in [-0.4, -0.2) is 39.4 Å². The molecule has 0 aliphatic carbocycles. The van der Waals surface area contributed by atoms with Gasteiger partial charge in [-0.05, 0) is 24.3 Å². The molecule has 26 heavy (non-hydrogen) atoms. The Bertz CT molecular complexity index is 947. The molecular formula is C16H11ClF2N4O3. The predicted molar refractivity (Wildman–Crippen MR) is 87.0 cm³/mol. The fourth-order valence-corrected chi connectivity index (χ4v) is 2.14. The van der Waals surface area contributed by atoms with Crippen LogP contribution in [0.1, 0.15) is 0 Å². The molecule has 2 heterocycles. The molecule has 0 aliphatic heterocycles. The summed E-state index contributed by atoms with van der Waals surface area (Å²) in [6.45, 7) is -0.431. The van der Waals surface area contributed by atoms with Gasteiger partial charge in [-0.25, -0.2) is 18.3 Å². The second kappa shape index (κ2) is 7.44.